The standard InChI is InChI=1S/C16H21N3O3S/c1-11(17-3)10-18-23(21,22)16-9-8-15(19-12(2)20)13-6-4-5-7-14(13)16/h4-9,11,17-18H,10H2,1-3H3,(H,19,20). The van der Waals surface area contributed by atoms with Crippen LogP contribution in [-0.4, -0.2) is 34.0 Å². The molecule has 0 aliphatic heterocycles. The molecule has 0 heterocycles. The molecule has 3 N–H and O–H groups in total. The summed E-state index contributed by atoms with van der Waals surface area (Å²) in [6, 6.07) is 10.2. The van der Waals surface area contributed by atoms with Crippen LogP contribution in [0.3, 0.4) is 0 Å². The molecule has 0 saturated heterocycles. The molecule has 0 aliphatic carbocycles. The van der Waals surface area contributed by atoms with Gasteiger partial charge in [0.2, 0.25) is 15.9 Å². The maximum Gasteiger partial charge on any atom is 0.241 e. The van der Waals surface area contributed by atoms with E-state index in [-0.39, 0.29) is 16.8 Å². The summed E-state index contributed by atoms with van der Waals surface area (Å²) in [6.45, 7) is 3.60. The van der Waals surface area contributed by atoms with Gasteiger partial charge in [-0.1, -0.05) is 24.3 Å². The van der Waals surface area contributed by atoms with E-state index in [1.165, 1.54) is 13.0 Å². The van der Waals surface area contributed by atoms with Crippen LogP contribution in [0.1, 0.15) is 13.8 Å². The second-order valence-electron chi connectivity index (χ2n) is 5.38. The van der Waals surface area contributed by atoms with E-state index < -0.39 is 10.0 Å². The quantitative estimate of drug-likeness (QED) is 0.749. The third-order valence-corrected chi connectivity index (χ3v) is 5.04. The fraction of sp³-hybridized carbons (Fsp3) is 0.312. The zero-order chi connectivity index (χ0) is 17.0. The third kappa shape index (κ3) is 4.07. The molecule has 7 heteroatoms. The zero-order valence-electron chi connectivity index (χ0n) is 13.4. The van der Waals surface area contributed by atoms with Crippen molar-refractivity contribution in [1.82, 2.24) is 10.0 Å². The number of hydrogen-bond acceptors (Lipinski definition) is 4. The van der Waals surface area contributed by atoms with Gasteiger partial charge in [-0.3, -0.25) is 4.79 Å². The van der Waals surface area contributed by atoms with Crippen LogP contribution in [0.2, 0.25) is 0 Å². The summed E-state index contributed by atoms with van der Waals surface area (Å²) in [6.07, 6.45) is 0. The Bertz CT molecular complexity index is 818. The lowest BCUT2D eigenvalue weighted by molar-refractivity contribution is -0.114. The SMILES string of the molecule is CNC(C)CNS(=O)(=O)c1ccc(NC(C)=O)c2ccccc12. The number of carbonyl (C=O) groups excluding carboxylic acids is 1. The molecular weight excluding hydrogens is 314 g/mol. The highest BCUT2D eigenvalue weighted by molar-refractivity contribution is 7.89. The van der Waals surface area contributed by atoms with E-state index in [1.54, 1.807) is 37.4 Å². The number of amides is 1. The van der Waals surface area contributed by atoms with E-state index in [0.29, 0.717) is 23.0 Å². The molecule has 6 nitrogen and oxygen atoms in total. The smallest absolute Gasteiger partial charge is 0.241 e. The maximum atomic E-state index is 12.6. The monoisotopic (exact) mass is 335 g/mol. The van der Waals surface area contributed by atoms with Gasteiger partial charge >= 0.3 is 0 Å². The molecule has 0 radical (unpaired) electrons. The van der Waals surface area contributed by atoms with Gasteiger partial charge in [-0.25, -0.2) is 13.1 Å². The first-order valence-electron chi connectivity index (χ1n) is 7.31. The third-order valence-electron chi connectivity index (χ3n) is 3.56. The molecule has 0 spiro atoms. The second kappa shape index (κ2) is 7.08. The van der Waals surface area contributed by atoms with Crippen molar-refractivity contribution >= 4 is 32.4 Å². The van der Waals surface area contributed by atoms with Crippen molar-refractivity contribution < 1.29 is 13.2 Å². The molecule has 2 aromatic carbocycles. The summed E-state index contributed by atoms with van der Waals surface area (Å²) in [5.41, 5.74) is 0.593. The lowest BCUT2D eigenvalue weighted by Gasteiger charge is -2.15. The van der Waals surface area contributed by atoms with Gasteiger partial charge in [0.1, 0.15) is 0 Å². The number of rotatable bonds is 6. The predicted molar refractivity (Wildman–Crippen MR) is 92.0 cm³/mol. The second-order valence-corrected chi connectivity index (χ2v) is 7.12. The fourth-order valence-corrected chi connectivity index (χ4v) is 3.56. The van der Waals surface area contributed by atoms with Gasteiger partial charge in [0.25, 0.3) is 0 Å². The molecule has 0 aliphatic rings. The van der Waals surface area contributed by atoms with Crippen LogP contribution in [0.4, 0.5) is 5.69 Å². The molecule has 0 aromatic heterocycles. The number of fused-ring (bicyclic) bond motifs is 1. The molecule has 0 bridgehead atoms. The van der Waals surface area contributed by atoms with Gasteiger partial charge in [-0.05, 0) is 26.1 Å². The molecule has 2 rings (SSSR count). The number of sulfonamides is 1. The van der Waals surface area contributed by atoms with E-state index in [1.807, 2.05) is 6.92 Å². The minimum Gasteiger partial charge on any atom is -0.326 e. The van der Waals surface area contributed by atoms with Gasteiger partial charge in [-0.15, -0.1) is 0 Å². The predicted octanol–water partition coefficient (Wildman–Crippen LogP) is 1.68. The highest BCUT2D eigenvalue weighted by Crippen LogP contribution is 2.29. The normalized spacial score (nSPS) is 13.0. The molecule has 0 fully saturated rings. The summed E-state index contributed by atoms with van der Waals surface area (Å²) in [5, 5.41) is 6.96. The molecule has 1 atom stereocenters. The first kappa shape index (κ1) is 17.4. The van der Waals surface area contributed by atoms with Crippen LogP contribution >= 0.6 is 0 Å². The highest BCUT2D eigenvalue weighted by atomic mass is 32.2. The molecule has 124 valence electrons. The Morgan fingerprint density at radius 1 is 1.13 bits per heavy atom. The van der Waals surface area contributed by atoms with Gasteiger partial charge in [-0.2, -0.15) is 0 Å². The molecule has 1 unspecified atom stereocenters. The van der Waals surface area contributed by atoms with Gasteiger partial charge in [0.15, 0.2) is 0 Å². The Labute approximate surface area is 136 Å². The van der Waals surface area contributed by atoms with Crippen LogP contribution in [0.15, 0.2) is 41.3 Å². The van der Waals surface area contributed by atoms with Crippen LogP contribution < -0.4 is 15.4 Å². The first-order chi connectivity index (χ1) is 10.8. The summed E-state index contributed by atoms with van der Waals surface area (Å²) >= 11 is 0. The lowest BCUT2D eigenvalue weighted by atomic mass is 10.1. The van der Waals surface area contributed by atoms with E-state index in [2.05, 4.69) is 15.4 Å². The average Bonchev–Trinajstić information content (AvgIpc) is 2.52. The molecule has 23 heavy (non-hydrogen) atoms. The molecular formula is C16H21N3O3S. The highest BCUT2D eigenvalue weighted by Gasteiger charge is 2.19. The van der Waals surface area contributed by atoms with Crippen LogP contribution in [0.5, 0.6) is 0 Å². The number of anilines is 1. The largest absolute Gasteiger partial charge is 0.326 e. The topological polar surface area (TPSA) is 87.3 Å². The van der Waals surface area contributed by atoms with E-state index in [0.717, 1.165) is 0 Å². The van der Waals surface area contributed by atoms with Crippen LogP contribution in [0, 0.1) is 0 Å². The Morgan fingerprint density at radius 3 is 2.39 bits per heavy atom. The van der Waals surface area contributed by atoms with Gasteiger partial charge in [0, 0.05) is 36.0 Å². The lowest BCUT2D eigenvalue weighted by Crippen LogP contribution is -2.37. The number of likely N-dealkylation sites (N-methyl/N-ethyl adjacent to an activating group) is 1. The van der Waals surface area contributed by atoms with Crippen molar-refractivity contribution in [2.75, 3.05) is 18.9 Å². The number of nitrogens with one attached hydrogen (secondary N) is 3. The molecule has 2 aromatic rings. The van der Waals surface area contributed by atoms with Crippen molar-refractivity contribution in [2.45, 2.75) is 24.8 Å². The van der Waals surface area contributed by atoms with Crippen molar-refractivity contribution in [1.29, 1.82) is 0 Å². The minimum absolute atomic E-state index is 0.0229. The van der Waals surface area contributed by atoms with E-state index in [4.69, 9.17) is 0 Å². The Kier molecular flexibility index (Phi) is 5.35. The zero-order valence-corrected chi connectivity index (χ0v) is 14.2. The number of hydrogen-bond donors (Lipinski definition) is 3. The molecule has 1 amide bonds. The Balaban J connectivity index is 2.48. The van der Waals surface area contributed by atoms with Crippen molar-refractivity contribution in [3.63, 3.8) is 0 Å². The van der Waals surface area contributed by atoms with Crippen LogP contribution in [0.25, 0.3) is 10.8 Å². The molecule has 0 saturated carbocycles. The van der Waals surface area contributed by atoms with Gasteiger partial charge < -0.3 is 10.6 Å². The Hall–Kier alpha value is -1.96. The minimum atomic E-state index is -3.64. The van der Waals surface area contributed by atoms with E-state index >= 15 is 0 Å². The maximum absolute atomic E-state index is 12.6. The average molecular weight is 335 g/mol. The van der Waals surface area contributed by atoms with Crippen molar-refractivity contribution in [3.8, 4) is 0 Å². The summed E-state index contributed by atoms with van der Waals surface area (Å²) in [4.78, 5) is 11.5. The summed E-state index contributed by atoms with van der Waals surface area (Å²) in [5.74, 6) is -0.202. The number of benzene rings is 2. The fourth-order valence-electron chi connectivity index (χ4n) is 2.22. The summed E-state index contributed by atoms with van der Waals surface area (Å²) < 4.78 is 27.7. The first-order valence-corrected chi connectivity index (χ1v) is 8.79. The van der Waals surface area contributed by atoms with Gasteiger partial charge in [0.05, 0.1) is 4.90 Å². The number of carbonyl (C=O) groups is 1. The van der Waals surface area contributed by atoms with Crippen LogP contribution in [-0.2, 0) is 14.8 Å². The van der Waals surface area contributed by atoms with E-state index in [9.17, 15) is 13.2 Å². The summed E-state index contributed by atoms with van der Waals surface area (Å²) in [7, 11) is -1.87. The van der Waals surface area contributed by atoms with Crippen molar-refractivity contribution in [2.24, 2.45) is 0 Å². The van der Waals surface area contributed by atoms with Crippen molar-refractivity contribution in [3.05, 3.63) is 36.4 Å². The Morgan fingerprint density at radius 2 is 1.78 bits per heavy atom.